The van der Waals surface area contributed by atoms with Crippen LogP contribution in [0.2, 0.25) is 0 Å². The van der Waals surface area contributed by atoms with Crippen LogP contribution in [0.4, 0.5) is 11.4 Å². The van der Waals surface area contributed by atoms with E-state index in [9.17, 15) is 0 Å². The van der Waals surface area contributed by atoms with E-state index in [4.69, 9.17) is 5.73 Å². The molecule has 1 heterocycles. The van der Waals surface area contributed by atoms with Crippen LogP contribution in [0.5, 0.6) is 0 Å². The van der Waals surface area contributed by atoms with Gasteiger partial charge >= 0.3 is 0 Å². The topological polar surface area (TPSA) is 42.2 Å². The molecule has 3 rings (SSSR count). The fourth-order valence-corrected chi connectivity index (χ4v) is 2.59. The predicted octanol–water partition coefficient (Wildman–Crippen LogP) is 2.91. The van der Waals surface area contributed by atoms with Crippen molar-refractivity contribution < 1.29 is 0 Å². The molecule has 3 heteroatoms. The first-order valence-corrected chi connectivity index (χ1v) is 6.50. The van der Waals surface area contributed by atoms with Crippen LogP contribution in [0.3, 0.4) is 0 Å². The molecule has 2 atom stereocenters. The summed E-state index contributed by atoms with van der Waals surface area (Å²) in [6.45, 7) is 3.45. The lowest BCUT2D eigenvalue weighted by molar-refractivity contribution is 0.726. The van der Waals surface area contributed by atoms with E-state index in [0.29, 0.717) is 0 Å². The third-order valence-electron chi connectivity index (χ3n) is 3.94. The Morgan fingerprint density at radius 1 is 1.39 bits per heavy atom. The van der Waals surface area contributed by atoms with Crippen LogP contribution < -0.4 is 10.6 Å². The monoisotopic (exact) mass is 241 g/mol. The summed E-state index contributed by atoms with van der Waals surface area (Å²) in [7, 11) is 2.16. The highest BCUT2D eigenvalue weighted by Gasteiger charge is 2.33. The molecular weight excluding hydrogens is 222 g/mol. The number of hydrogen-bond acceptors (Lipinski definition) is 3. The molecular formula is C15H19N3. The smallest absolute Gasteiger partial charge is 0.0743 e. The highest BCUT2D eigenvalue weighted by molar-refractivity contribution is 5.93. The fourth-order valence-electron chi connectivity index (χ4n) is 2.59. The van der Waals surface area contributed by atoms with Crippen LogP contribution in [0.1, 0.15) is 13.3 Å². The number of nitrogen functional groups attached to an aromatic ring is 1. The summed E-state index contributed by atoms with van der Waals surface area (Å²) >= 11 is 0. The van der Waals surface area contributed by atoms with Crippen LogP contribution in [0, 0.1) is 11.8 Å². The van der Waals surface area contributed by atoms with E-state index in [1.54, 1.807) is 0 Å². The summed E-state index contributed by atoms with van der Waals surface area (Å²) < 4.78 is 0. The third-order valence-corrected chi connectivity index (χ3v) is 3.94. The number of nitrogens with zero attached hydrogens (tertiary/aromatic N) is 2. The molecule has 1 aliphatic rings. The Morgan fingerprint density at radius 3 is 2.89 bits per heavy atom. The number of benzene rings is 1. The van der Waals surface area contributed by atoms with Gasteiger partial charge in [0, 0.05) is 36.6 Å². The minimum absolute atomic E-state index is 0.769. The van der Waals surface area contributed by atoms with Gasteiger partial charge in [0.05, 0.1) is 5.52 Å². The molecule has 1 fully saturated rings. The minimum Gasteiger partial charge on any atom is -0.399 e. The number of aromatic nitrogens is 1. The van der Waals surface area contributed by atoms with Crippen molar-refractivity contribution in [1.82, 2.24) is 4.98 Å². The quantitative estimate of drug-likeness (QED) is 0.840. The van der Waals surface area contributed by atoms with Crippen molar-refractivity contribution in [3.05, 3.63) is 30.5 Å². The van der Waals surface area contributed by atoms with E-state index in [1.807, 2.05) is 18.3 Å². The third kappa shape index (κ3) is 2.01. The second kappa shape index (κ2) is 4.16. The molecule has 94 valence electrons. The number of rotatable bonds is 3. The summed E-state index contributed by atoms with van der Waals surface area (Å²) in [5.74, 6) is 1.74. The van der Waals surface area contributed by atoms with E-state index in [0.717, 1.165) is 29.6 Å². The molecule has 1 aliphatic carbocycles. The van der Waals surface area contributed by atoms with Gasteiger partial charge in [-0.05, 0) is 42.5 Å². The summed E-state index contributed by atoms with van der Waals surface area (Å²) in [6.07, 6.45) is 3.23. The molecule has 1 saturated carbocycles. The van der Waals surface area contributed by atoms with Gasteiger partial charge in [-0.2, -0.15) is 0 Å². The van der Waals surface area contributed by atoms with E-state index in [2.05, 4.69) is 36.0 Å². The lowest BCUT2D eigenvalue weighted by Crippen LogP contribution is -2.20. The van der Waals surface area contributed by atoms with Crippen LogP contribution >= 0.6 is 0 Å². The molecule has 2 N–H and O–H groups in total. The highest BCUT2D eigenvalue weighted by atomic mass is 15.1. The van der Waals surface area contributed by atoms with Gasteiger partial charge in [-0.25, -0.2) is 0 Å². The van der Waals surface area contributed by atoms with Crippen molar-refractivity contribution in [2.24, 2.45) is 11.8 Å². The van der Waals surface area contributed by atoms with Gasteiger partial charge in [-0.15, -0.1) is 0 Å². The maximum absolute atomic E-state index is 5.81. The number of anilines is 2. The molecule has 0 spiro atoms. The van der Waals surface area contributed by atoms with Crippen LogP contribution in [-0.2, 0) is 0 Å². The van der Waals surface area contributed by atoms with Crippen molar-refractivity contribution in [2.45, 2.75) is 13.3 Å². The van der Waals surface area contributed by atoms with Crippen molar-refractivity contribution in [2.75, 3.05) is 24.2 Å². The summed E-state index contributed by atoms with van der Waals surface area (Å²) in [5, 5.41) is 1.18. The highest BCUT2D eigenvalue weighted by Crippen LogP contribution is 2.39. The van der Waals surface area contributed by atoms with E-state index in [-0.39, 0.29) is 0 Å². The Balaban J connectivity index is 1.95. The predicted molar refractivity (Wildman–Crippen MR) is 76.7 cm³/mol. The standard InChI is InChI=1S/C15H19N3/c1-10-7-11(10)9-18(2)15-5-6-17-14-8-12(16)3-4-13(14)15/h3-6,8,10-11H,7,9,16H2,1-2H3. The Kier molecular flexibility index (Phi) is 2.62. The van der Waals surface area contributed by atoms with E-state index < -0.39 is 0 Å². The molecule has 3 nitrogen and oxygen atoms in total. The molecule has 0 bridgehead atoms. The molecule has 0 aliphatic heterocycles. The zero-order chi connectivity index (χ0) is 12.7. The van der Waals surface area contributed by atoms with Gasteiger partial charge in [-0.3, -0.25) is 4.98 Å². The molecule has 18 heavy (non-hydrogen) atoms. The van der Waals surface area contributed by atoms with Crippen LogP contribution in [0.25, 0.3) is 10.9 Å². The maximum atomic E-state index is 5.81. The van der Waals surface area contributed by atoms with Gasteiger partial charge in [-0.1, -0.05) is 6.92 Å². The van der Waals surface area contributed by atoms with E-state index >= 15 is 0 Å². The second-order valence-corrected chi connectivity index (χ2v) is 5.46. The van der Waals surface area contributed by atoms with Crippen LogP contribution in [-0.4, -0.2) is 18.6 Å². The Bertz CT molecular complexity index is 579. The normalized spacial score (nSPS) is 22.1. The van der Waals surface area contributed by atoms with E-state index in [1.165, 1.54) is 17.5 Å². The fraction of sp³-hybridized carbons (Fsp3) is 0.400. The minimum atomic E-state index is 0.769. The first kappa shape index (κ1) is 11.3. The number of hydrogen-bond donors (Lipinski definition) is 1. The zero-order valence-electron chi connectivity index (χ0n) is 10.9. The van der Waals surface area contributed by atoms with Crippen molar-refractivity contribution in [3.8, 4) is 0 Å². The first-order valence-electron chi connectivity index (χ1n) is 6.50. The van der Waals surface area contributed by atoms with Crippen molar-refractivity contribution >= 4 is 22.3 Å². The molecule has 1 aromatic heterocycles. The van der Waals surface area contributed by atoms with Crippen molar-refractivity contribution in [1.29, 1.82) is 0 Å². The average Bonchev–Trinajstić information content (AvgIpc) is 3.03. The van der Waals surface area contributed by atoms with Crippen LogP contribution in [0.15, 0.2) is 30.5 Å². The molecule has 2 aromatic rings. The SMILES string of the molecule is CC1CC1CN(C)c1ccnc2cc(N)ccc12. The molecule has 2 unspecified atom stereocenters. The molecule has 0 saturated heterocycles. The molecule has 1 aromatic carbocycles. The number of fused-ring (bicyclic) bond motifs is 1. The van der Waals surface area contributed by atoms with Gasteiger partial charge in [0.25, 0.3) is 0 Å². The lowest BCUT2D eigenvalue weighted by Gasteiger charge is -2.21. The maximum Gasteiger partial charge on any atom is 0.0743 e. The Hall–Kier alpha value is -1.77. The first-order chi connectivity index (χ1) is 8.65. The van der Waals surface area contributed by atoms with Crippen molar-refractivity contribution in [3.63, 3.8) is 0 Å². The number of nitrogens with two attached hydrogens (primary N) is 1. The Labute approximate surface area is 108 Å². The molecule has 0 amide bonds. The lowest BCUT2D eigenvalue weighted by atomic mass is 10.1. The largest absolute Gasteiger partial charge is 0.399 e. The summed E-state index contributed by atoms with van der Waals surface area (Å²) in [6, 6.07) is 8.04. The second-order valence-electron chi connectivity index (χ2n) is 5.46. The molecule has 0 radical (unpaired) electrons. The van der Waals surface area contributed by atoms with Gasteiger partial charge in [0.1, 0.15) is 0 Å². The average molecular weight is 241 g/mol. The number of pyridine rings is 1. The van der Waals surface area contributed by atoms with Gasteiger partial charge < -0.3 is 10.6 Å². The zero-order valence-corrected chi connectivity index (χ0v) is 10.9. The summed E-state index contributed by atoms with van der Waals surface area (Å²) in [5.41, 5.74) is 8.80. The van der Waals surface area contributed by atoms with Gasteiger partial charge in [0.15, 0.2) is 0 Å². The summed E-state index contributed by atoms with van der Waals surface area (Å²) in [4.78, 5) is 6.73. The Morgan fingerprint density at radius 2 is 2.17 bits per heavy atom. The van der Waals surface area contributed by atoms with Gasteiger partial charge in [0.2, 0.25) is 0 Å².